The summed E-state index contributed by atoms with van der Waals surface area (Å²) < 4.78 is 15.2. The van der Waals surface area contributed by atoms with E-state index < -0.39 is 0 Å². The van der Waals surface area contributed by atoms with Crippen molar-refractivity contribution in [2.75, 3.05) is 31.1 Å². The number of piperazine rings is 1. The fraction of sp³-hybridized carbons (Fsp3) is 0.409. The molecule has 0 aliphatic carbocycles. The van der Waals surface area contributed by atoms with E-state index in [0.29, 0.717) is 0 Å². The highest BCUT2D eigenvalue weighted by molar-refractivity contribution is 5.46. The molecule has 1 atom stereocenters. The molecule has 29 heavy (non-hydrogen) atoms. The van der Waals surface area contributed by atoms with Crippen LogP contribution in [0.4, 0.5) is 10.1 Å². The van der Waals surface area contributed by atoms with Crippen molar-refractivity contribution in [1.29, 1.82) is 0 Å². The molecule has 2 aromatic carbocycles. The summed E-state index contributed by atoms with van der Waals surface area (Å²) in [6, 6.07) is 15.6. The maximum Gasteiger partial charge on any atom is 0.173 e. The molecule has 2 heterocycles. The summed E-state index contributed by atoms with van der Waals surface area (Å²) in [5.74, 6) is 0.673. The third-order valence-corrected chi connectivity index (χ3v) is 5.52. The molecule has 1 fully saturated rings. The van der Waals surface area contributed by atoms with Gasteiger partial charge in [-0.05, 0) is 61.0 Å². The monoisotopic (exact) mass is 394 g/mol. The minimum absolute atomic E-state index is 0.00312. The van der Waals surface area contributed by atoms with Crippen molar-refractivity contribution in [2.24, 2.45) is 0 Å². The molecule has 152 valence electrons. The number of hydrogen-bond acceptors (Lipinski definition) is 5. The van der Waals surface area contributed by atoms with E-state index in [2.05, 4.69) is 70.4 Å². The van der Waals surface area contributed by atoms with E-state index in [1.807, 2.05) is 16.8 Å². The zero-order chi connectivity index (χ0) is 20.4. The highest BCUT2D eigenvalue weighted by Crippen LogP contribution is 2.30. The van der Waals surface area contributed by atoms with Crippen LogP contribution in [0.2, 0.25) is 0 Å². The standard InChI is InChI=1S/C22H27FN6/c1-16(2)29-22(24-25-26-29)21(18-6-4-17(3)5-7-18)28-14-12-27(13-15-28)20-10-8-19(23)9-11-20/h4-11,16,21H,12-15H2,1-3H3/t21-/m0/s1. The van der Waals surface area contributed by atoms with Crippen molar-refractivity contribution >= 4 is 5.69 Å². The molecule has 0 radical (unpaired) electrons. The molecule has 1 aromatic heterocycles. The van der Waals surface area contributed by atoms with E-state index in [-0.39, 0.29) is 17.9 Å². The molecule has 4 rings (SSSR count). The van der Waals surface area contributed by atoms with Gasteiger partial charge in [-0.1, -0.05) is 29.8 Å². The second-order valence-corrected chi connectivity index (χ2v) is 7.89. The molecule has 1 saturated heterocycles. The highest BCUT2D eigenvalue weighted by Gasteiger charge is 2.31. The molecule has 0 spiro atoms. The fourth-order valence-corrected chi connectivity index (χ4v) is 3.91. The second-order valence-electron chi connectivity index (χ2n) is 7.89. The molecule has 3 aromatic rings. The van der Waals surface area contributed by atoms with Crippen LogP contribution in [-0.2, 0) is 0 Å². The van der Waals surface area contributed by atoms with E-state index >= 15 is 0 Å². The first kappa shape index (κ1) is 19.5. The molecule has 1 aliphatic heterocycles. The number of tetrazole rings is 1. The van der Waals surface area contributed by atoms with Gasteiger partial charge in [0.2, 0.25) is 0 Å². The number of nitrogens with zero attached hydrogens (tertiary/aromatic N) is 6. The van der Waals surface area contributed by atoms with Crippen molar-refractivity contribution in [2.45, 2.75) is 32.9 Å². The molecule has 6 nitrogen and oxygen atoms in total. The highest BCUT2D eigenvalue weighted by atomic mass is 19.1. The van der Waals surface area contributed by atoms with Gasteiger partial charge in [0.15, 0.2) is 5.82 Å². The van der Waals surface area contributed by atoms with Gasteiger partial charge in [0.05, 0.1) is 12.1 Å². The number of aryl methyl sites for hydroxylation is 1. The van der Waals surface area contributed by atoms with Crippen molar-refractivity contribution in [3.8, 4) is 0 Å². The van der Waals surface area contributed by atoms with Crippen molar-refractivity contribution in [3.05, 3.63) is 71.3 Å². The van der Waals surface area contributed by atoms with Gasteiger partial charge in [-0.2, -0.15) is 0 Å². The SMILES string of the molecule is Cc1ccc([C@@H](c2nnnn2C(C)C)N2CCN(c3ccc(F)cc3)CC2)cc1. The van der Waals surface area contributed by atoms with E-state index in [0.717, 1.165) is 37.7 Å². The predicted octanol–water partition coefficient (Wildman–Crippen LogP) is 3.61. The molecule has 1 aliphatic rings. The Bertz CT molecular complexity index is 927. The van der Waals surface area contributed by atoms with Gasteiger partial charge in [0, 0.05) is 31.9 Å². The Balaban J connectivity index is 1.60. The fourth-order valence-electron chi connectivity index (χ4n) is 3.91. The van der Waals surface area contributed by atoms with E-state index in [1.165, 1.54) is 23.3 Å². The molecule has 0 bridgehead atoms. The lowest BCUT2D eigenvalue weighted by molar-refractivity contribution is 0.199. The first-order chi connectivity index (χ1) is 14.0. The molecule has 0 amide bonds. The summed E-state index contributed by atoms with van der Waals surface area (Å²) in [7, 11) is 0. The first-order valence-corrected chi connectivity index (χ1v) is 10.1. The van der Waals surface area contributed by atoms with Crippen LogP contribution in [0.5, 0.6) is 0 Å². The molecular formula is C22H27FN6. The number of hydrogen-bond donors (Lipinski definition) is 0. The quantitative estimate of drug-likeness (QED) is 0.662. The minimum atomic E-state index is -0.202. The van der Waals surface area contributed by atoms with Gasteiger partial charge in [-0.25, -0.2) is 9.07 Å². The van der Waals surface area contributed by atoms with E-state index in [4.69, 9.17) is 0 Å². The van der Waals surface area contributed by atoms with Gasteiger partial charge in [-0.15, -0.1) is 5.10 Å². The Morgan fingerprint density at radius 1 is 0.897 bits per heavy atom. The van der Waals surface area contributed by atoms with Gasteiger partial charge in [-0.3, -0.25) is 4.90 Å². The summed E-state index contributed by atoms with van der Waals surface area (Å²) in [6.45, 7) is 9.78. The summed E-state index contributed by atoms with van der Waals surface area (Å²) in [4.78, 5) is 4.74. The van der Waals surface area contributed by atoms with Crippen molar-refractivity contribution in [1.82, 2.24) is 25.1 Å². The maximum absolute atomic E-state index is 13.3. The van der Waals surface area contributed by atoms with Crippen LogP contribution in [0.15, 0.2) is 48.5 Å². The number of benzene rings is 2. The lowest BCUT2D eigenvalue weighted by atomic mass is 10.0. The van der Waals surface area contributed by atoms with Gasteiger partial charge in [0.1, 0.15) is 5.82 Å². The molecule has 0 saturated carbocycles. The largest absolute Gasteiger partial charge is 0.369 e. The third kappa shape index (κ3) is 4.15. The molecular weight excluding hydrogens is 367 g/mol. The topological polar surface area (TPSA) is 50.1 Å². The number of aromatic nitrogens is 4. The van der Waals surface area contributed by atoms with Crippen LogP contribution < -0.4 is 4.90 Å². The van der Waals surface area contributed by atoms with Crippen LogP contribution >= 0.6 is 0 Å². The minimum Gasteiger partial charge on any atom is -0.369 e. The Morgan fingerprint density at radius 2 is 1.55 bits per heavy atom. The average Bonchev–Trinajstić information content (AvgIpc) is 3.21. The Morgan fingerprint density at radius 3 is 2.17 bits per heavy atom. The number of halogens is 1. The number of anilines is 1. The maximum atomic E-state index is 13.3. The summed E-state index contributed by atoms with van der Waals surface area (Å²) in [5, 5.41) is 12.6. The molecule has 0 unspecified atom stereocenters. The van der Waals surface area contributed by atoms with Crippen LogP contribution in [0.25, 0.3) is 0 Å². The zero-order valence-corrected chi connectivity index (χ0v) is 17.2. The third-order valence-electron chi connectivity index (χ3n) is 5.52. The smallest absolute Gasteiger partial charge is 0.173 e. The summed E-state index contributed by atoms with van der Waals surface area (Å²) in [6.07, 6.45) is 0. The Labute approximate surface area is 170 Å². The van der Waals surface area contributed by atoms with Crippen molar-refractivity contribution < 1.29 is 4.39 Å². The van der Waals surface area contributed by atoms with E-state index in [1.54, 1.807) is 0 Å². The normalized spacial score (nSPS) is 16.4. The average molecular weight is 394 g/mol. The first-order valence-electron chi connectivity index (χ1n) is 10.1. The lowest BCUT2D eigenvalue weighted by Crippen LogP contribution is -2.48. The lowest BCUT2D eigenvalue weighted by Gasteiger charge is -2.40. The Hall–Kier alpha value is -2.80. The van der Waals surface area contributed by atoms with Crippen LogP contribution in [0.3, 0.4) is 0 Å². The van der Waals surface area contributed by atoms with Crippen LogP contribution in [0.1, 0.15) is 42.9 Å². The second kappa shape index (κ2) is 8.29. The van der Waals surface area contributed by atoms with E-state index in [9.17, 15) is 4.39 Å². The summed E-state index contributed by atoms with van der Waals surface area (Å²) in [5.41, 5.74) is 3.49. The van der Waals surface area contributed by atoms with Gasteiger partial charge >= 0.3 is 0 Å². The number of rotatable bonds is 5. The predicted molar refractivity (Wildman–Crippen MR) is 111 cm³/mol. The van der Waals surface area contributed by atoms with Crippen LogP contribution in [0, 0.1) is 12.7 Å². The van der Waals surface area contributed by atoms with Gasteiger partial charge in [0.25, 0.3) is 0 Å². The molecule has 0 N–H and O–H groups in total. The van der Waals surface area contributed by atoms with Crippen molar-refractivity contribution in [3.63, 3.8) is 0 Å². The van der Waals surface area contributed by atoms with Crippen LogP contribution in [-0.4, -0.2) is 51.3 Å². The molecule has 7 heteroatoms. The summed E-state index contributed by atoms with van der Waals surface area (Å²) >= 11 is 0. The zero-order valence-electron chi connectivity index (χ0n) is 17.2. The van der Waals surface area contributed by atoms with Gasteiger partial charge < -0.3 is 4.90 Å². The Kier molecular flexibility index (Phi) is 5.58.